The van der Waals surface area contributed by atoms with Gasteiger partial charge in [-0.15, -0.1) is 0 Å². The van der Waals surface area contributed by atoms with Crippen LogP contribution < -0.4 is 0 Å². The smallest absolute Gasteiger partial charge is 0.327 e. The number of carboxylic acids is 4. The van der Waals surface area contributed by atoms with Gasteiger partial charge in [0.15, 0.2) is 0 Å². The maximum absolute atomic E-state index is 9.76. The van der Waals surface area contributed by atoms with E-state index in [1.807, 2.05) is 6.92 Å². The number of carbonyl (C=O) groups is 4. The molecule has 0 aromatic carbocycles. The molecule has 0 fully saturated rings. The van der Waals surface area contributed by atoms with Crippen LogP contribution in [-0.2, 0) is 19.2 Å². The number of rotatable bonds is 6. The van der Waals surface area contributed by atoms with Crippen LogP contribution in [0.3, 0.4) is 0 Å². The van der Waals surface area contributed by atoms with Gasteiger partial charge in [0.1, 0.15) is 0 Å². The first-order chi connectivity index (χ1) is 10.1. The molecule has 0 unspecified atom stereocenters. The van der Waals surface area contributed by atoms with E-state index in [9.17, 15) is 19.2 Å². The molecule has 0 aliphatic carbocycles. The molecule has 0 bridgehead atoms. The van der Waals surface area contributed by atoms with Crippen molar-refractivity contribution in [1.82, 2.24) is 0 Å². The molecule has 0 amide bonds. The van der Waals surface area contributed by atoms with E-state index in [0.717, 1.165) is 31.1 Å². The molecule has 0 saturated heterocycles. The summed E-state index contributed by atoms with van der Waals surface area (Å²) in [5.74, 6) is -3.64. The van der Waals surface area contributed by atoms with Crippen LogP contribution in [0.1, 0.15) is 26.2 Å². The average molecular weight is 318 g/mol. The lowest BCUT2D eigenvalue weighted by Gasteiger charge is -1.85. The summed E-state index contributed by atoms with van der Waals surface area (Å²) in [7, 11) is 0. The van der Waals surface area contributed by atoms with Crippen molar-refractivity contribution in [2.24, 2.45) is 0 Å². The van der Waals surface area contributed by atoms with Crippen molar-refractivity contribution in [3.8, 4) is 0 Å². The molecular formula is C14H22O8. The molecule has 8 nitrogen and oxygen atoms in total. The minimum atomic E-state index is -0.981. The highest BCUT2D eigenvalue weighted by Gasteiger charge is 1.90. The highest BCUT2D eigenvalue weighted by atomic mass is 16.4. The first kappa shape index (κ1) is 27.4. The fourth-order valence-electron chi connectivity index (χ4n) is 0.328. The molecule has 0 saturated carbocycles. The second-order valence-corrected chi connectivity index (χ2v) is 3.12. The molecule has 22 heavy (non-hydrogen) atoms. The van der Waals surface area contributed by atoms with Gasteiger partial charge < -0.3 is 20.4 Å². The fourth-order valence-corrected chi connectivity index (χ4v) is 0.328. The van der Waals surface area contributed by atoms with E-state index in [-0.39, 0.29) is 0 Å². The Kier molecular flexibility index (Phi) is 29.0. The van der Waals surface area contributed by atoms with Crippen LogP contribution in [0.15, 0.2) is 38.0 Å². The number of carboxylic acid groups (broad SMARTS) is 4. The summed E-state index contributed by atoms with van der Waals surface area (Å²) in [6, 6.07) is 0. The number of hydrogen-bond donors (Lipinski definition) is 4. The lowest BCUT2D eigenvalue weighted by atomic mass is 10.3. The lowest BCUT2D eigenvalue weighted by Crippen LogP contribution is -1.91. The predicted octanol–water partition coefficient (Wildman–Crippen LogP) is 2.03. The summed E-state index contributed by atoms with van der Waals surface area (Å²) in [4.78, 5) is 37.5. The van der Waals surface area contributed by atoms with Gasteiger partial charge in [-0.1, -0.05) is 33.1 Å². The van der Waals surface area contributed by atoms with Crippen LogP contribution in [0.4, 0.5) is 0 Å². The van der Waals surface area contributed by atoms with Crippen molar-refractivity contribution in [2.45, 2.75) is 26.2 Å². The first-order valence-electron chi connectivity index (χ1n) is 5.86. The van der Waals surface area contributed by atoms with Gasteiger partial charge in [0.25, 0.3) is 0 Å². The van der Waals surface area contributed by atoms with Crippen molar-refractivity contribution < 1.29 is 39.6 Å². The molecule has 0 aromatic rings. The maximum Gasteiger partial charge on any atom is 0.327 e. The van der Waals surface area contributed by atoms with E-state index in [0.29, 0.717) is 6.42 Å². The van der Waals surface area contributed by atoms with E-state index in [2.05, 4.69) is 19.7 Å². The standard InChI is InChI=1S/C5H10O2.3C3H4O2/c1-2-3-4-5(6)7;3*1-2-3(4)5/h2-4H2,1H3,(H,6,7);3*2H,1H2,(H,4,5). The molecule has 8 heteroatoms. The molecule has 0 heterocycles. The number of unbranched alkanes of at least 4 members (excludes halogenated alkanes) is 1. The average Bonchev–Trinajstić information content (AvgIpc) is 2.46. The largest absolute Gasteiger partial charge is 0.481 e. The van der Waals surface area contributed by atoms with Gasteiger partial charge in [-0.25, -0.2) is 14.4 Å². The van der Waals surface area contributed by atoms with Crippen molar-refractivity contribution in [2.75, 3.05) is 0 Å². The molecule has 0 aliphatic rings. The van der Waals surface area contributed by atoms with Crippen LogP contribution >= 0.6 is 0 Å². The molecule has 0 atom stereocenters. The summed E-state index contributed by atoms with van der Waals surface area (Å²) in [5.41, 5.74) is 0. The second-order valence-electron chi connectivity index (χ2n) is 3.12. The molecule has 0 spiro atoms. The second kappa shape index (κ2) is 23.2. The van der Waals surface area contributed by atoms with Crippen LogP contribution in [0.25, 0.3) is 0 Å². The summed E-state index contributed by atoms with van der Waals surface area (Å²) in [6.45, 7) is 10.9. The summed E-state index contributed by atoms with van der Waals surface area (Å²) in [5, 5.41) is 30.9. The summed E-state index contributed by atoms with van der Waals surface area (Å²) in [6.07, 6.45) is 4.58. The molecule has 4 N–H and O–H groups in total. The Bertz CT molecular complexity index is 328. The molecule has 0 radical (unpaired) electrons. The minimum Gasteiger partial charge on any atom is -0.481 e. The van der Waals surface area contributed by atoms with Crippen molar-refractivity contribution >= 4 is 23.9 Å². The van der Waals surface area contributed by atoms with E-state index in [4.69, 9.17) is 20.4 Å². The van der Waals surface area contributed by atoms with Crippen molar-refractivity contribution in [3.63, 3.8) is 0 Å². The van der Waals surface area contributed by atoms with Gasteiger partial charge in [-0.3, -0.25) is 4.79 Å². The zero-order valence-electron chi connectivity index (χ0n) is 12.4. The Morgan fingerprint density at radius 3 is 1.05 bits per heavy atom. The van der Waals surface area contributed by atoms with Gasteiger partial charge in [0, 0.05) is 24.6 Å². The summed E-state index contributed by atoms with van der Waals surface area (Å²) < 4.78 is 0. The van der Waals surface area contributed by atoms with Gasteiger partial charge in [0.05, 0.1) is 0 Å². The highest BCUT2D eigenvalue weighted by Crippen LogP contribution is 1.91. The van der Waals surface area contributed by atoms with Gasteiger partial charge in [-0.05, 0) is 6.42 Å². The predicted molar refractivity (Wildman–Crippen MR) is 80.7 cm³/mol. The first-order valence-corrected chi connectivity index (χ1v) is 5.86. The molecule has 0 aromatic heterocycles. The summed E-state index contributed by atoms with van der Waals surface area (Å²) >= 11 is 0. The third kappa shape index (κ3) is 87.9. The quantitative estimate of drug-likeness (QED) is 0.543. The van der Waals surface area contributed by atoms with E-state index >= 15 is 0 Å². The Hall–Kier alpha value is -2.90. The van der Waals surface area contributed by atoms with E-state index in [1.54, 1.807) is 0 Å². The van der Waals surface area contributed by atoms with Gasteiger partial charge >= 0.3 is 23.9 Å². The van der Waals surface area contributed by atoms with Crippen LogP contribution in [-0.4, -0.2) is 44.3 Å². The highest BCUT2D eigenvalue weighted by molar-refractivity contribution is 5.79. The van der Waals surface area contributed by atoms with E-state index in [1.165, 1.54) is 0 Å². The lowest BCUT2D eigenvalue weighted by molar-refractivity contribution is -0.137. The maximum atomic E-state index is 9.76. The van der Waals surface area contributed by atoms with Gasteiger partial charge in [0.2, 0.25) is 0 Å². The number of aliphatic carboxylic acids is 4. The molecule has 126 valence electrons. The van der Waals surface area contributed by atoms with Crippen LogP contribution in [0.2, 0.25) is 0 Å². The zero-order valence-corrected chi connectivity index (χ0v) is 12.4. The van der Waals surface area contributed by atoms with Crippen LogP contribution in [0, 0.1) is 0 Å². The van der Waals surface area contributed by atoms with Crippen molar-refractivity contribution in [3.05, 3.63) is 38.0 Å². The number of hydrogen-bond acceptors (Lipinski definition) is 4. The topological polar surface area (TPSA) is 149 Å². The van der Waals surface area contributed by atoms with Crippen molar-refractivity contribution in [1.29, 1.82) is 0 Å². The van der Waals surface area contributed by atoms with E-state index < -0.39 is 23.9 Å². The Labute approximate surface area is 128 Å². The normalized spacial score (nSPS) is 7.14. The Morgan fingerprint density at radius 2 is 1.00 bits per heavy atom. The monoisotopic (exact) mass is 318 g/mol. The Morgan fingerprint density at radius 1 is 0.773 bits per heavy atom. The third-order valence-electron chi connectivity index (χ3n) is 1.27. The zero-order chi connectivity index (χ0) is 18.6. The SMILES string of the molecule is C=CC(=O)O.C=CC(=O)O.C=CC(=O)O.CCCCC(=O)O. The Balaban J connectivity index is -0.0000000995. The molecule has 0 rings (SSSR count). The third-order valence-corrected chi connectivity index (χ3v) is 1.27. The van der Waals surface area contributed by atoms with Gasteiger partial charge in [-0.2, -0.15) is 0 Å². The molecular weight excluding hydrogens is 296 g/mol. The molecule has 0 aliphatic heterocycles. The fraction of sp³-hybridized carbons (Fsp3) is 0.286. The minimum absolute atomic E-state index is 0.316. The van der Waals surface area contributed by atoms with Crippen LogP contribution in [0.5, 0.6) is 0 Å².